The molecule has 0 bridgehead atoms. The third-order valence-corrected chi connectivity index (χ3v) is 4.02. The number of hydrogen-bond acceptors (Lipinski definition) is 2. The molecule has 0 aliphatic heterocycles. The van der Waals surface area contributed by atoms with Crippen LogP contribution in [0.4, 0.5) is 13.2 Å². The molecule has 0 spiro atoms. The summed E-state index contributed by atoms with van der Waals surface area (Å²) >= 11 is 3.47. The summed E-state index contributed by atoms with van der Waals surface area (Å²) < 4.78 is 40.5. The highest BCUT2D eigenvalue weighted by Crippen LogP contribution is 2.27. The van der Waals surface area contributed by atoms with Crippen LogP contribution in [0.3, 0.4) is 0 Å². The van der Waals surface area contributed by atoms with Gasteiger partial charge in [-0.2, -0.15) is 18.3 Å². The van der Waals surface area contributed by atoms with Gasteiger partial charge >= 0.3 is 6.18 Å². The van der Waals surface area contributed by atoms with Crippen LogP contribution in [-0.4, -0.2) is 28.5 Å². The molecule has 0 aliphatic rings. The number of rotatable bonds is 7. The van der Waals surface area contributed by atoms with E-state index in [9.17, 15) is 13.2 Å². The van der Waals surface area contributed by atoms with E-state index in [1.807, 2.05) is 20.8 Å². The van der Waals surface area contributed by atoms with Gasteiger partial charge in [0, 0.05) is 19.0 Å². The predicted molar refractivity (Wildman–Crippen MR) is 76.8 cm³/mol. The molecule has 1 heterocycles. The first-order chi connectivity index (χ1) is 9.32. The Bertz CT molecular complexity index is 429. The van der Waals surface area contributed by atoms with Crippen molar-refractivity contribution in [3.8, 4) is 0 Å². The Hall–Kier alpha value is -0.560. The van der Waals surface area contributed by atoms with Gasteiger partial charge in [0.05, 0.1) is 22.3 Å². The van der Waals surface area contributed by atoms with E-state index in [0.29, 0.717) is 19.5 Å². The van der Waals surface area contributed by atoms with Crippen molar-refractivity contribution in [1.82, 2.24) is 15.1 Å². The summed E-state index contributed by atoms with van der Waals surface area (Å²) in [6.07, 6.45) is -3.92. The number of aromatic nitrogens is 2. The molecule has 0 saturated carbocycles. The van der Waals surface area contributed by atoms with E-state index < -0.39 is 18.6 Å². The van der Waals surface area contributed by atoms with Crippen LogP contribution >= 0.6 is 15.9 Å². The van der Waals surface area contributed by atoms with Crippen molar-refractivity contribution in [2.75, 3.05) is 6.54 Å². The number of nitrogens with one attached hydrogen (secondary N) is 1. The monoisotopic (exact) mass is 355 g/mol. The fourth-order valence-corrected chi connectivity index (χ4v) is 2.96. The molecule has 1 aromatic rings. The summed E-state index contributed by atoms with van der Waals surface area (Å²) in [4.78, 5) is 0. The summed E-state index contributed by atoms with van der Waals surface area (Å²) in [6, 6.07) is -0.622. The van der Waals surface area contributed by atoms with Crippen LogP contribution in [0.25, 0.3) is 0 Å². The molecule has 1 N–H and O–H groups in total. The van der Waals surface area contributed by atoms with Crippen LogP contribution in [-0.2, 0) is 19.4 Å². The second-order valence-electron chi connectivity index (χ2n) is 4.65. The SMILES string of the molecule is CCNC(Cc1c(Br)c(CC)nn1CC)CC(F)(F)F. The van der Waals surface area contributed by atoms with Gasteiger partial charge in [-0.1, -0.05) is 13.8 Å². The molecule has 20 heavy (non-hydrogen) atoms. The summed E-state index contributed by atoms with van der Waals surface area (Å²) in [7, 11) is 0. The van der Waals surface area contributed by atoms with Gasteiger partial charge in [0.1, 0.15) is 0 Å². The van der Waals surface area contributed by atoms with E-state index in [1.165, 1.54) is 0 Å². The van der Waals surface area contributed by atoms with Crippen molar-refractivity contribution in [2.45, 2.75) is 58.8 Å². The highest BCUT2D eigenvalue weighted by atomic mass is 79.9. The smallest absolute Gasteiger partial charge is 0.314 e. The van der Waals surface area contributed by atoms with Crippen molar-refractivity contribution in [3.05, 3.63) is 15.9 Å². The molecule has 3 nitrogen and oxygen atoms in total. The van der Waals surface area contributed by atoms with Crippen molar-refractivity contribution < 1.29 is 13.2 Å². The van der Waals surface area contributed by atoms with Gasteiger partial charge in [0.15, 0.2) is 0 Å². The quantitative estimate of drug-likeness (QED) is 0.807. The molecular formula is C13H21BrF3N3. The molecule has 1 rings (SSSR count). The van der Waals surface area contributed by atoms with Crippen molar-refractivity contribution in [2.24, 2.45) is 0 Å². The van der Waals surface area contributed by atoms with Gasteiger partial charge in [-0.3, -0.25) is 4.68 Å². The van der Waals surface area contributed by atoms with E-state index in [0.717, 1.165) is 22.3 Å². The van der Waals surface area contributed by atoms with E-state index in [1.54, 1.807) is 4.68 Å². The first kappa shape index (κ1) is 17.5. The van der Waals surface area contributed by atoms with E-state index >= 15 is 0 Å². The Kier molecular flexibility index (Phi) is 6.51. The molecule has 1 unspecified atom stereocenters. The van der Waals surface area contributed by atoms with Crippen molar-refractivity contribution in [3.63, 3.8) is 0 Å². The van der Waals surface area contributed by atoms with Crippen LogP contribution < -0.4 is 5.32 Å². The summed E-state index contributed by atoms with van der Waals surface area (Å²) in [5, 5.41) is 7.33. The highest BCUT2D eigenvalue weighted by molar-refractivity contribution is 9.10. The molecule has 7 heteroatoms. The zero-order chi connectivity index (χ0) is 15.3. The molecule has 0 aromatic carbocycles. The molecule has 0 aliphatic carbocycles. The second-order valence-corrected chi connectivity index (χ2v) is 5.45. The van der Waals surface area contributed by atoms with Gasteiger partial charge in [0.2, 0.25) is 0 Å². The van der Waals surface area contributed by atoms with Gasteiger partial charge in [-0.05, 0) is 35.8 Å². The molecule has 116 valence electrons. The van der Waals surface area contributed by atoms with Gasteiger partial charge < -0.3 is 5.32 Å². The van der Waals surface area contributed by atoms with Crippen LogP contribution in [0, 0.1) is 0 Å². The second kappa shape index (κ2) is 7.45. The lowest BCUT2D eigenvalue weighted by Gasteiger charge is -2.20. The predicted octanol–water partition coefficient (Wildman–Crippen LogP) is 3.70. The fraction of sp³-hybridized carbons (Fsp3) is 0.769. The lowest BCUT2D eigenvalue weighted by Crippen LogP contribution is -2.36. The number of hydrogen-bond donors (Lipinski definition) is 1. The summed E-state index contributed by atoms with van der Waals surface area (Å²) in [5.74, 6) is 0. The molecule has 0 saturated heterocycles. The topological polar surface area (TPSA) is 29.9 Å². The van der Waals surface area contributed by atoms with Gasteiger partial charge in [-0.15, -0.1) is 0 Å². The van der Waals surface area contributed by atoms with Crippen LogP contribution in [0.15, 0.2) is 4.47 Å². The zero-order valence-corrected chi connectivity index (χ0v) is 13.6. The largest absolute Gasteiger partial charge is 0.390 e. The Labute approximate surface area is 126 Å². The summed E-state index contributed by atoms with van der Waals surface area (Å²) in [5.41, 5.74) is 1.73. The van der Waals surface area contributed by atoms with Gasteiger partial charge in [0.25, 0.3) is 0 Å². The normalized spacial score (nSPS) is 13.8. The maximum Gasteiger partial charge on any atom is 0.390 e. The Morgan fingerprint density at radius 1 is 1.30 bits per heavy atom. The minimum Gasteiger partial charge on any atom is -0.314 e. The van der Waals surface area contributed by atoms with E-state index in [-0.39, 0.29) is 0 Å². The number of alkyl halides is 3. The lowest BCUT2D eigenvalue weighted by molar-refractivity contribution is -0.139. The Balaban J connectivity index is 2.95. The average molecular weight is 356 g/mol. The minimum absolute atomic E-state index is 0.314. The average Bonchev–Trinajstić information content (AvgIpc) is 2.64. The fourth-order valence-electron chi connectivity index (χ4n) is 2.23. The molecule has 0 radical (unpaired) electrons. The van der Waals surface area contributed by atoms with Gasteiger partial charge in [-0.25, -0.2) is 0 Å². The maximum absolute atomic E-state index is 12.6. The number of likely N-dealkylation sites (N-methyl/N-ethyl adjacent to an activating group) is 1. The molecule has 1 atom stereocenters. The molecule has 0 fully saturated rings. The molecule has 0 amide bonds. The number of nitrogens with zero attached hydrogens (tertiary/aromatic N) is 2. The number of aryl methyl sites for hydroxylation is 2. The van der Waals surface area contributed by atoms with Crippen LogP contribution in [0.5, 0.6) is 0 Å². The first-order valence-corrected chi connectivity index (χ1v) is 7.65. The Morgan fingerprint density at radius 3 is 2.40 bits per heavy atom. The first-order valence-electron chi connectivity index (χ1n) is 6.86. The number of halogens is 4. The lowest BCUT2D eigenvalue weighted by atomic mass is 10.1. The van der Waals surface area contributed by atoms with Crippen LogP contribution in [0.2, 0.25) is 0 Å². The van der Waals surface area contributed by atoms with Crippen LogP contribution in [0.1, 0.15) is 38.6 Å². The van der Waals surface area contributed by atoms with E-state index in [2.05, 4.69) is 26.3 Å². The molecule has 1 aromatic heterocycles. The van der Waals surface area contributed by atoms with Crippen molar-refractivity contribution in [1.29, 1.82) is 0 Å². The maximum atomic E-state index is 12.6. The minimum atomic E-state index is -4.16. The third kappa shape index (κ3) is 4.77. The van der Waals surface area contributed by atoms with E-state index in [4.69, 9.17) is 0 Å². The third-order valence-electron chi connectivity index (χ3n) is 3.10. The summed E-state index contributed by atoms with van der Waals surface area (Å²) in [6.45, 7) is 6.90. The zero-order valence-electron chi connectivity index (χ0n) is 12.0. The van der Waals surface area contributed by atoms with Crippen molar-refractivity contribution >= 4 is 15.9 Å². The highest BCUT2D eigenvalue weighted by Gasteiger charge is 2.32. The Morgan fingerprint density at radius 2 is 1.95 bits per heavy atom. The standard InChI is InChI=1S/C13H21BrF3N3/c1-4-10-12(14)11(20(6-3)19-10)7-9(18-5-2)8-13(15,16)17/h9,18H,4-8H2,1-3H3. The molecular weight excluding hydrogens is 335 g/mol.